The van der Waals surface area contributed by atoms with Crippen molar-refractivity contribution in [1.29, 1.82) is 0 Å². The number of carbonyl (C=O) groups is 1. The van der Waals surface area contributed by atoms with Crippen LogP contribution >= 0.6 is 23.2 Å². The van der Waals surface area contributed by atoms with E-state index in [4.69, 9.17) is 23.2 Å². The van der Waals surface area contributed by atoms with Gasteiger partial charge in [0.05, 0.1) is 17.1 Å². The highest BCUT2D eigenvalue weighted by molar-refractivity contribution is 6.35. The molecule has 1 rings (SSSR count). The zero-order chi connectivity index (χ0) is 12.3. The first kappa shape index (κ1) is 13.1. The maximum absolute atomic E-state index is 12.1. The minimum absolute atomic E-state index is 0.0600. The molecule has 0 aliphatic rings. The summed E-state index contributed by atoms with van der Waals surface area (Å²) in [5.74, 6) is -0.616. The minimum Gasteiger partial charge on any atom is -0.336 e. The van der Waals surface area contributed by atoms with E-state index >= 15 is 0 Å². The fourth-order valence-electron chi connectivity index (χ4n) is 1.07. The molecule has 1 aromatic heterocycles. The van der Waals surface area contributed by atoms with Gasteiger partial charge in [-0.2, -0.15) is 0 Å². The van der Waals surface area contributed by atoms with E-state index in [1.54, 1.807) is 0 Å². The van der Waals surface area contributed by atoms with Crippen molar-refractivity contribution in [2.45, 2.75) is 6.43 Å². The fourth-order valence-corrected chi connectivity index (χ4v) is 1.41. The van der Waals surface area contributed by atoms with Crippen molar-refractivity contribution in [3.8, 4) is 0 Å². The van der Waals surface area contributed by atoms with Crippen molar-refractivity contribution >= 4 is 29.1 Å². The monoisotopic (exact) mass is 268 g/mol. The number of carbonyl (C=O) groups excluding carboxylic acids is 1. The van der Waals surface area contributed by atoms with E-state index < -0.39 is 18.9 Å². The number of pyridine rings is 1. The third-order valence-corrected chi connectivity index (χ3v) is 2.32. The van der Waals surface area contributed by atoms with Crippen LogP contribution in [-0.2, 0) is 0 Å². The van der Waals surface area contributed by atoms with Crippen LogP contribution in [0.25, 0.3) is 0 Å². The van der Waals surface area contributed by atoms with Gasteiger partial charge >= 0.3 is 0 Å². The van der Waals surface area contributed by atoms with Gasteiger partial charge in [-0.3, -0.25) is 4.79 Å². The average Bonchev–Trinajstić information content (AvgIpc) is 2.19. The number of alkyl halides is 2. The van der Waals surface area contributed by atoms with Gasteiger partial charge in [-0.1, -0.05) is 23.2 Å². The van der Waals surface area contributed by atoms with E-state index in [2.05, 4.69) is 4.98 Å². The van der Waals surface area contributed by atoms with Crippen LogP contribution in [0.15, 0.2) is 12.3 Å². The van der Waals surface area contributed by atoms with Crippen molar-refractivity contribution in [2.24, 2.45) is 0 Å². The number of nitrogens with zero attached hydrogens (tertiary/aromatic N) is 2. The highest BCUT2D eigenvalue weighted by Crippen LogP contribution is 2.19. The highest BCUT2D eigenvalue weighted by Gasteiger charge is 2.18. The van der Waals surface area contributed by atoms with Crippen LogP contribution in [0.1, 0.15) is 10.4 Å². The van der Waals surface area contributed by atoms with Crippen molar-refractivity contribution in [3.05, 3.63) is 28.0 Å². The molecule has 88 valence electrons. The molecule has 0 aromatic carbocycles. The number of halogens is 4. The molecule has 0 N–H and O–H groups in total. The lowest BCUT2D eigenvalue weighted by Gasteiger charge is -2.17. The molecule has 0 radical (unpaired) electrons. The number of amides is 1. The summed E-state index contributed by atoms with van der Waals surface area (Å²) >= 11 is 11.3. The molecule has 0 saturated carbocycles. The molecule has 0 unspecified atom stereocenters. The maximum atomic E-state index is 12.1. The summed E-state index contributed by atoms with van der Waals surface area (Å²) < 4.78 is 24.2. The molecule has 3 nitrogen and oxygen atoms in total. The largest absolute Gasteiger partial charge is 0.336 e. The van der Waals surface area contributed by atoms with E-state index in [1.807, 2.05) is 0 Å². The fraction of sp³-hybridized carbons (Fsp3) is 0.333. The van der Waals surface area contributed by atoms with Crippen molar-refractivity contribution < 1.29 is 13.6 Å². The molecule has 0 atom stereocenters. The second kappa shape index (κ2) is 5.41. The third kappa shape index (κ3) is 3.28. The Morgan fingerprint density at radius 3 is 2.75 bits per heavy atom. The molecule has 0 aliphatic heterocycles. The van der Waals surface area contributed by atoms with Crippen LogP contribution < -0.4 is 0 Å². The first-order valence-electron chi connectivity index (χ1n) is 4.26. The standard InChI is InChI=1S/C9H8Cl2F2N2O/c1-15(4-8(12)13)9(16)5-2-7(11)14-3-6(5)10/h2-3,8H,4H2,1H3. The van der Waals surface area contributed by atoms with Gasteiger partial charge in [-0.15, -0.1) is 0 Å². The lowest BCUT2D eigenvalue weighted by atomic mass is 10.2. The molecule has 1 heterocycles. The van der Waals surface area contributed by atoms with E-state index in [-0.39, 0.29) is 15.7 Å². The van der Waals surface area contributed by atoms with E-state index in [0.717, 1.165) is 4.90 Å². The van der Waals surface area contributed by atoms with Gasteiger partial charge in [0.1, 0.15) is 5.15 Å². The number of hydrogen-bond donors (Lipinski definition) is 0. The molecule has 0 saturated heterocycles. The zero-order valence-corrected chi connectivity index (χ0v) is 9.77. The van der Waals surface area contributed by atoms with Crippen molar-refractivity contribution in [3.63, 3.8) is 0 Å². The molecule has 0 spiro atoms. The second-order valence-electron chi connectivity index (χ2n) is 3.06. The Morgan fingerprint density at radius 1 is 1.56 bits per heavy atom. The minimum atomic E-state index is -2.59. The first-order valence-corrected chi connectivity index (χ1v) is 5.02. The van der Waals surface area contributed by atoms with Crippen LogP contribution in [-0.4, -0.2) is 35.8 Å². The lowest BCUT2D eigenvalue weighted by molar-refractivity contribution is 0.0620. The Bertz CT molecular complexity index is 401. The van der Waals surface area contributed by atoms with Gasteiger partial charge in [0.25, 0.3) is 12.3 Å². The topological polar surface area (TPSA) is 33.2 Å². The molecule has 1 amide bonds. The number of hydrogen-bond acceptors (Lipinski definition) is 2. The maximum Gasteiger partial charge on any atom is 0.255 e. The van der Waals surface area contributed by atoms with Crippen LogP contribution in [0.3, 0.4) is 0 Å². The summed E-state index contributed by atoms with van der Waals surface area (Å²) in [5.41, 5.74) is 0.0600. The van der Waals surface area contributed by atoms with Crippen LogP contribution in [0, 0.1) is 0 Å². The van der Waals surface area contributed by atoms with Gasteiger partial charge in [-0.05, 0) is 6.07 Å². The van der Waals surface area contributed by atoms with E-state index in [0.29, 0.717) is 0 Å². The van der Waals surface area contributed by atoms with Gasteiger partial charge in [0.2, 0.25) is 0 Å². The molecular weight excluding hydrogens is 261 g/mol. The van der Waals surface area contributed by atoms with Crippen molar-refractivity contribution in [2.75, 3.05) is 13.6 Å². The van der Waals surface area contributed by atoms with Gasteiger partial charge < -0.3 is 4.90 Å². The summed E-state index contributed by atoms with van der Waals surface area (Å²) in [6, 6.07) is 1.24. The Morgan fingerprint density at radius 2 is 2.19 bits per heavy atom. The lowest BCUT2D eigenvalue weighted by Crippen LogP contribution is -2.31. The van der Waals surface area contributed by atoms with Gasteiger partial charge in [0.15, 0.2) is 0 Å². The average molecular weight is 269 g/mol. The third-order valence-electron chi connectivity index (χ3n) is 1.81. The molecule has 16 heavy (non-hydrogen) atoms. The first-order chi connectivity index (χ1) is 7.41. The Hall–Kier alpha value is -0.940. The predicted octanol–water partition coefficient (Wildman–Crippen LogP) is 2.73. The Kier molecular flexibility index (Phi) is 4.44. The normalized spacial score (nSPS) is 10.6. The second-order valence-corrected chi connectivity index (χ2v) is 3.86. The summed E-state index contributed by atoms with van der Waals surface area (Å²) in [4.78, 5) is 16.2. The van der Waals surface area contributed by atoms with Crippen LogP contribution in [0.4, 0.5) is 8.78 Å². The molecule has 0 aliphatic carbocycles. The predicted molar refractivity (Wildman–Crippen MR) is 57.2 cm³/mol. The molecule has 0 bridgehead atoms. The molecule has 1 aromatic rings. The number of aromatic nitrogens is 1. The summed E-state index contributed by atoms with van der Waals surface area (Å²) in [5, 5.41) is 0.161. The summed E-state index contributed by atoms with van der Waals surface area (Å²) in [7, 11) is 1.26. The Balaban J connectivity index is 2.91. The quantitative estimate of drug-likeness (QED) is 0.790. The summed E-state index contributed by atoms with van der Waals surface area (Å²) in [6.45, 7) is -0.658. The van der Waals surface area contributed by atoms with Crippen LogP contribution in [0.5, 0.6) is 0 Å². The highest BCUT2D eigenvalue weighted by atomic mass is 35.5. The SMILES string of the molecule is CN(CC(F)F)C(=O)c1cc(Cl)ncc1Cl. The van der Waals surface area contributed by atoms with Crippen LogP contribution in [0.2, 0.25) is 10.2 Å². The smallest absolute Gasteiger partial charge is 0.255 e. The van der Waals surface area contributed by atoms with Gasteiger partial charge in [0, 0.05) is 13.2 Å². The summed E-state index contributed by atoms with van der Waals surface area (Å²) in [6.07, 6.45) is -1.39. The van der Waals surface area contributed by atoms with E-state index in [1.165, 1.54) is 19.3 Å². The van der Waals surface area contributed by atoms with Gasteiger partial charge in [-0.25, -0.2) is 13.8 Å². The molecule has 0 fully saturated rings. The van der Waals surface area contributed by atoms with Crippen molar-refractivity contribution in [1.82, 2.24) is 9.88 Å². The van der Waals surface area contributed by atoms with E-state index in [9.17, 15) is 13.6 Å². The Labute approximate surface area is 101 Å². The molecule has 7 heteroatoms. The number of rotatable bonds is 3. The zero-order valence-electron chi connectivity index (χ0n) is 8.25. The molecular formula is C9H8Cl2F2N2O.